The van der Waals surface area contributed by atoms with Crippen LogP contribution in [0, 0.1) is 18.2 Å². The molecule has 25 heavy (non-hydrogen) atoms. The van der Waals surface area contributed by atoms with Crippen LogP contribution < -0.4 is 10.3 Å². The minimum absolute atomic E-state index is 0.0253. The molecular formula is C16H11ClF4N2O2. The monoisotopic (exact) mass is 374 g/mol. The lowest BCUT2D eigenvalue weighted by Crippen LogP contribution is -2.29. The first-order valence-electron chi connectivity index (χ1n) is 6.94. The summed E-state index contributed by atoms with van der Waals surface area (Å²) in [6.45, 7) is 1.22. The van der Waals surface area contributed by atoms with Crippen LogP contribution >= 0.6 is 11.6 Å². The third-order valence-corrected chi connectivity index (χ3v) is 3.57. The zero-order valence-corrected chi connectivity index (χ0v) is 13.6. The van der Waals surface area contributed by atoms with E-state index in [0.717, 1.165) is 12.1 Å². The minimum atomic E-state index is -4.74. The van der Waals surface area contributed by atoms with Gasteiger partial charge >= 0.3 is 6.18 Å². The fourth-order valence-electron chi connectivity index (χ4n) is 2.16. The van der Waals surface area contributed by atoms with Crippen molar-refractivity contribution in [3.8, 4) is 23.8 Å². The van der Waals surface area contributed by atoms with E-state index in [2.05, 4.69) is 11.0 Å². The summed E-state index contributed by atoms with van der Waals surface area (Å²) in [5.74, 6) is 1.21. The lowest BCUT2D eigenvalue weighted by molar-refractivity contribution is -0.138. The highest BCUT2D eigenvalue weighted by molar-refractivity contribution is 6.32. The Balaban J connectivity index is 2.67. The second-order valence-electron chi connectivity index (χ2n) is 4.83. The molecule has 4 nitrogen and oxygen atoms in total. The fourth-order valence-corrected chi connectivity index (χ4v) is 2.36. The molecule has 0 aliphatic rings. The molecule has 0 aliphatic carbocycles. The molecule has 0 fully saturated rings. The summed E-state index contributed by atoms with van der Waals surface area (Å²) in [7, 11) is 0. The molecule has 2 aromatic rings. The van der Waals surface area contributed by atoms with Crippen molar-refractivity contribution in [2.45, 2.75) is 19.5 Å². The van der Waals surface area contributed by atoms with Crippen molar-refractivity contribution >= 4 is 11.6 Å². The van der Waals surface area contributed by atoms with Crippen molar-refractivity contribution in [1.82, 2.24) is 9.78 Å². The third kappa shape index (κ3) is 3.77. The molecule has 0 bridgehead atoms. The van der Waals surface area contributed by atoms with Crippen molar-refractivity contribution in [2.75, 3.05) is 6.61 Å². The number of ether oxygens (including phenoxy) is 1. The van der Waals surface area contributed by atoms with E-state index in [9.17, 15) is 22.4 Å². The number of halogens is 5. The van der Waals surface area contributed by atoms with Gasteiger partial charge in [0.2, 0.25) is 0 Å². The largest absolute Gasteiger partial charge is 0.479 e. The van der Waals surface area contributed by atoms with Crippen molar-refractivity contribution in [1.29, 1.82) is 0 Å². The summed E-state index contributed by atoms with van der Waals surface area (Å²) < 4.78 is 58.7. The Hall–Kier alpha value is -2.53. The number of nitrogens with zero attached hydrogens (tertiary/aromatic N) is 2. The summed E-state index contributed by atoms with van der Waals surface area (Å²) in [6.07, 6.45) is 0.599. The van der Waals surface area contributed by atoms with Gasteiger partial charge in [0.05, 0.1) is 16.8 Å². The van der Waals surface area contributed by atoms with Crippen LogP contribution in [0.4, 0.5) is 17.6 Å². The zero-order chi connectivity index (χ0) is 18.8. The molecule has 0 spiro atoms. The van der Waals surface area contributed by atoms with Gasteiger partial charge in [0.15, 0.2) is 5.82 Å². The van der Waals surface area contributed by atoms with Crippen LogP contribution in [0.5, 0.6) is 5.75 Å². The average molecular weight is 375 g/mol. The SMILES string of the molecule is C#CCOc1cc(-n2ncc(C(F)(F)F)c(CC)c2=O)c(F)cc1Cl. The second-order valence-corrected chi connectivity index (χ2v) is 5.24. The van der Waals surface area contributed by atoms with Gasteiger partial charge in [-0.3, -0.25) is 4.79 Å². The molecule has 1 heterocycles. The highest BCUT2D eigenvalue weighted by atomic mass is 35.5. The number of terminal acetylenes is 1. The maximum atomic E-state index is 14.2. The van der Waals surface area contributed by atoms with E-state index < -0.39 is 34.4 Å². The molecule has 132 valence electrons. The zero-order valence-electron chi connectivity index (χ0n) is 12.8. The Bertz CT molecular complexity index is 901. The van der Waals surface area contributed by atoms with Gasteiger partial charge in [0.1, 0.15) is 18.0 Å². The van der Waals surface area contributed by atoms with E-state index in [-0.39, 0.29) is 23.8 Å². The molecular weight excluding hydrogens is 364 g/mol. The maximum absolute atomic E-state index is 14.2. The molecule has 0 amide bonds. The standard InChI is InChI=1S/C16H11ClF4N2O2/c1-3-5-25-14-7-13(12(18)6-11(14)17)23-15(24)9(4-2)10(8-22-23)16(19,20)21/h1,6-8H,4-5H2,2H3. The first-order valence-corrected chi connectivity index (χ1v) is 7.32. The smallest absolute Gasteiger partial charge is 0.418 e. The van der Waals surface area contributed by atoms with Crippen LogP contribution in [0.15, 0.2) is 23.1 Å². The maximum Gasteiger partial charge on any atom is 0.418 e. The number of rotatable bonds is 4. The van der Waals surface area contributed by atoms with Crippen LogP contribution in [-0.4, -0.2) is 16.4 Å². The van der Waals surface area contributed by atoms with Crippen molar-refractivity contribution in [3.05, 3.63) is 50.7 Å². The van der Waals surface area contributed by atoms with Crippen molar-refractivity contribution in [3.63, 3.8) is 0 Å². The molecule has 0 unspecified atom stereocenters. The summed E-state index contributed by atoms with van der Waals surface area (Å²) >= 11 is 5.82. The molecule has 0 atom stereocenters. The average Bonchev–Trinajstić information content (AvgIpc) is 2.53. The number of alkyl halides is 3. The Kier molecular flexibility index (Phi) is 5.38. The Morgan fingerprint density at radius 2 is 2.08 bits per heavy atom. The quantitative estimate of drug-likeness (QED) is 0.606. The van der Waals surface area contributed by atoms with Crippen LogP contribution in [0.25, 0.3) is 5.69 Å². The second kappa shape index (κ2) is 7.15. The summed E-state index contributed by atoms with van der Waals surface area (Å²) in [5, 5.41) is 3.34. The number of hydrogen-bond donors (Lipinski definition) is 0. The Morgan fingerprint density at radius 3 is 2.64 bits per heavy atom. The lowest BCUT2D eigenvalue weighted by Gasteiger charge is -2.14. The summed E-state index contributed by atoms with van der Waals surface area (Å²) in [4.78, 5) is 12.4. The molecule has 0 saturated carbocycles. The lowest BCUT2D eigenvalue weighted by atomic mass is 10.1. The van der Waals surface area contributed by atoms with Crippen LogP contribution in [0.2, 0.25) is 5.02 Å². The van der Waals surface area contributed by atoms with Gasteiger partial charge < -0.3 is 4.74 Å². The van der Waals surface area contributed by atoms with Crippen LogP contribution in [0.3, 0.4) is 0 Å². The van der Waals surface area contributed by atoms with Gasteiger partial charge in [-0.2, -0.15) is 23.0 Å². The van der Waals surface area contributed by atoms with E-state index in [4.69, 9.17) is 22.8 Å². The minimum Gasteiger partial charge on any atom is -0.479 e. The van der Waals surface area contributed by atoms with Crippen LogP contribution in [0.1, 0.15) is 18.1 Å². The normalized spacial score (nSPS) is 11.2. The highest BCUT2D eigenvalue weighted by Gasteiger charge is 2.35. The van der Waals surface area contributed by atoms with Gasteiger partial charge in [0.25, 0.3) is 5.56 Å². The molecule has 0 N–H and O–H groups in total. The van der Waals surface area contributed by atoms with Gasteiger partial charge in [0, 0.05) is 11.6 Å². The van der Waals surface area contributed by atoms with E-state index in [1.807, 2.05) is 0 Å². The molecule has 1 aromatic carbocycles. The van der Waals surface area contributed by atoms with Gasteiger partial charge in [-0.05, 0) is 12.5 Å². The number of benzene rings is 1. The van der Waals surface area contributed by atoms with Gasteiger partial charge in [-0.15, -0.1) is 6.42 Å². The molecule has 2 rings (SSSR count). The number of aromatic nitrogens is 2. The molecule has 9 heteroatoms. The molecule has 1 aromatic heterocycles. The summed E-state index contributed by atoms with van der Waals surface area (Å²) in [5.41, 5.74) is -3.16. The van der Waals surface area contributed by atoms with E-state index in [1.54, 1.807) is 0 Å². The molecule has 0 saturated heterocycles. The van der Waals surface area contributed by atoms with Gasteiger partial charge in [-0.25, -0.2) is 4.39 Å². The predicted molar refractivity (Wildman–Crippen MR) is 83.5 cm³/mol. The Morgan fingerprint density at radius 1 is 1.40 bits per heavy atom. The Labute approximate surface area is 145 Å². The van der Waals surface area contributed by atoms with E-state index in [1.165, 1.54) is 6.92 Å². The van der Waals surface area contributed by atoms with Crippen molar-refractivity contribution in [2.24, 2.45) is 0 Å². The number of hydrogen-bond acceptors (Lipinski definition) is 3. The van der Waals surface area contributed by atoms with Gasteiger partial charge in [-0.1, -0.05) is 24.4 Å². The van der Waals surface area contributed by atoms with E-state index in [0.29, 0.717) is 10.9 Å². The topological polar surface area (TPSA) is 44.1 Å². The summed E-state index contributed by atoms with van der Waals surface area (Å²) in [6, 6.07) is 1.91. The highest BCUT2D eigenvalue weighted by Crippen LogP contribution is 2.32. The fraction of sp³-hybridized carbons (Fsp3) is 0.250. The predicted octanol–water partition coefficient (Wildman–Crippen LogP) is 3.62. The third-order valence-electron chi connectivity index (χ3n) is 3.28. The van der Waals surface area contributed by atoms with Crippen molar-refractivity contribution < 1.29 is 22.3 Å². The first-order chi connectivity index (χ1) is 11.7. The van der Waals surface area contributed by atoms with E-state index >= 15 is 0 Å². The molecule has 0 radical (unpaired) electrons. The van der Waals surface area contributed by atoms with Crippen LogP contribution in [-0.2, 0) is 12.6 Å². The first kappa shape index (κ1) is 18.8. The molecule has 0 aliphatic heterocycles.